The van der Waals surface area contributed by atoms with Gasteiger partial charge in [0.2, 0.25) is 0 Å². The van der Waals surface area contributed by atoms with Crippen LogP contribution >= 0.6 is 0 Å². The van der Waals surface area contributed by atoms with Crippen molar-refractivity contribution in [3.63, 3.8) is 0 Å². The zero-order valence-electron chi connectivity index (χ0n) is 13.1. The number of ether oxygens (including phenoxy) is 1. The second-order valence-corrected chi connectivity index (χ2v) is 4.87. The first-order valence-corrected chi connectivity index (χ1v) is 6.98. The fraction of sp³-hybridized carbons (Fsp3) is 0.267. The van der Waals surface area contributed by atoms with Gasteiger partial charge >= 0.3 is 5.69 Å². The summed E-state index contributed by atoms with van der Waals surface area (Å²) < 4.78 is 7.22. The Balaban J connectivity index is 2.66. The molecule has 9 heteroatoms. The van der Waals surface area contributed by atoms with E-state index in [9.17, 15) is 19.7 Å². The van der Waals surface area contributed by atoms with Crippen molar-refractivity contribution in [2.24, 2.45) is 0 Å². The molecular weight excluding hydrogens is 316 g/mol. The standard InChI is InChI=1S/C15H14N4O5/c1-3-17-8-11(7-16)14(20)18(15(17)21)9-10-6-12(19(22)23)4-5-13(10)24-2/h4-6,8H,3,9H2,1-2H3. The number of nitro groups is 1. The predicted molar refractivity (Wildman–Crippen MR) is 84.1 cm³/mol. The molecule has 0 aliphatic rings. The van der Waals surface area contributed by atoms with Gasteiger partial charge in [-0.1, -0.05) is 0 Å². The lowest BCUT2D eigenvalue weighted by Crippen LogP contribution is -2.41. The normalized spacial score (nSPS) is 10.2. The van der Waals surface area contributed by atoms with E-state index in [-0.39, 0.29) is 24.3 Å². The Morgan fingerprint density at radius 1 is 1.38 bits per heavy atom. The van der Waals surface area contributed by atoms with Crippen molar-refractivity contribution in [2.45, 2.75) is 20.0 Å². The molecule has 0 bridgehead atoms. The van der Waals surface area contributed by atoms with Gasteiger partial charge in [0, 0.05) is 30.4 Å². The minimum absolute atomic E-state index is 0.180. The van der Waals surface area contributed by atoms with Crippen molar-refractivity contribution in [1.82, 2.24) is 9.13 Å². The summed E-state index contributed by atoms with van der Waals surface area (Å²) in [5, 5.41) is 20.0. The SMILES string of the molecule is CCn1cc(C#N)c(=O)n(Cc2cc([N+](=O)[O-])ccc2OC)c1=O. The number of aromatic nitrogens is 2. The van der Waals surface area contributed by atoms with E-state index >= 15 is 0 Å². The van der Waals surface area contributed by atoms with Gasteiger partial charge < -0.3 is 4.74 Å². The fourth-order valence-electron chi connectivity index (χ4n) is 2.27. The van der Waals surface area contributed by atoms with Crippen molar-refractivity contribution >= 4 is 5.69 Å². The highest BCUT2D eigenvalue weighted by Crippen LogP contribution is 2.24. The number of nitro benzene ring substituents is 1. The molecular formula is C15H14N4O5. The highest BCUT2D eigenvalue weighted by Gasteiger charge is 2.16. The molecule has 0 N–H and O–H groups in total. The maximum atomic E-state index is 12.4. The summed E-state index contributed by atoms with van der Waals surface area (Å²) in [7, 11) is 1.38. The monoisotopic (exact) mass is 330 g/mol. The van der Waals surface area contributed by atoms with Crippen molar-refractivity contribution in [3.8, 4) is 11.8 Å². The van der Waals surface area contributed by atoms with Gasteiger partial charge in [-0.2, -0.15) is 5.26 Å². The Kier molecular flexibility index (Phi) is 4.79. The number of rotatable bonds is 5. The van der Waals surface area contributed by atoms with Gasteiger partial charge in [0.15, 0.2) is 0 Å². The molecule has 2 rings (SSSR count). The highest BCUT2D eigenvalue weighted by atomic mass is 16.6. The van der Waals surface area contributed by atoms with Gasteiger partial charge in [-0.3, -0.25) is 24.0 Å². The number of non-ortho nitro benzene ring substituents is 1. The number of nitrogens with zero attached hydrogens (tertiary/aromatic N) is 4. The third-order valence-electron chi connectivity index (χ3n) is 3.50. The third kappa shape index (κ3) is 3.03. The molecule has 0 spiro atoms. The molecule has 2 aromatic rings. The van der Waals surface area contributed by atoms with E-state index in [0.717, 1.165) is 4.57 Å². The molecule has 1 aromatic heterocycles. The maximum Gasteiger partial charge on any atom is 0.331 e. The van der Waals surface area contributed by atoms with Crippen LogP contribution in [0.25, 0.3) is 0 Å². The smallest absolute Gasteiger partial charge is 0.331 e. The van der Waals surface area contributed by atoms with Gasteiger partial charge in [-0.15, -0.1) is 0 Å². The molecule has 1 aromatic carbocycles. The minimum Gasteiger partial charge on any atom is -0.496 e. The van der Waals surface area contributed by atoms with Crippen LogP contribution < -0.4 is 16.0 Å². The van der Waals surface area contributed by atoms with Crippen LogP contribution in [0.15, 0.2) is 34.0 Å². The van der Waals surface area contributed by atoms with E-state index in [2.05, 4.69) is 0 Å². The number of hydrogen-bond donors (Lipinski definition) is 0. The van der Waals surface area contributed by atoms with Gasteiger partial charge in [0.1, 0.15) is 17.4 Å². The van der Waals surface area contributed by atoms with Gasteiger partial charge in [-0.25, -0.2) is 4.79 Å². The molecule has 0 amide bonds. The van der Waals surface area contributed by atoms with Crippen LogP contribution in [-0.2, 0) is 13.1 Å². The molecule has 0 aliphatic heterocycles. The summed E-state index contributed by atoms with van der Waals surface area (Å²) in [5.74, 6) is 0.303. The lowest BCUT2D eigenvalue weighted by atomic mass is 10.1. The zero-order chi connectivity index (χ0) is 17.9. The number of methoxy groups -OCH3 is 1. The Hall–Kier alpha value is -3.41. The molecule has 24 heavy (non-hydrogen) atoms. The van der Waals surface area contributed by atoms with Crippen LogP contribution in [0.1, 0.15) is 18.1 Å². The number of hydrogen-bond acceptors (Lipinski definition) is 6. The van der Waals surface area contributed by atoms with Crippen molar-refractivity contribution < 1.29 is 9.66 Å². The minimum atomic E-state index is -0.749. The van der Waals surface area contributed by atoms with Gasteiger partial charge in [-0.05, 0) is 13.0 Å². The van der Waals surface area contributed by atoms with Crippen LogP contribution in [0.5, 0.6) is 5.75 Å². The quantitative estimate of drug-likeness (QED) is 0.592. The fourth-order valence-corrected chi connectivity index (χ4v) is 2.27. The summed E-state index contributed by atoms with van der Waals surface area (Å²) in [4.78, 5) is 35.0. The topological polar surface area (TPSA) is 120 Å². The van der Waals surface area contributed by atoms with Crippen molar-refractivity contribution in [1.29, 1.82) is 5.26 Å². The molecule has 0 aliphatic carbocycles. The molecule has 0 radical (unpaired) electrons. The highest BCUT2D eigenvalue weighted by molar-refractivity contribution is 5.44. The first-order valence-electron chi connectivity index (χ1n) is 6.98. The number of nitriles is 1. The molecule has 0 unspecified atom stereocenters. The zero-order valence-corrected chi connectivity index (χ0v) is 13.1. The maximum absolute atomic E-state index is 12.4. The number of benzene rings is 1. The second-order valence-electron chi connectivity index (χ2n) is 4.87. The average Bonchev–Trinajstić information content (AvgIpc) is 2.58. The Bertz CT molecular complexity index is 952. The molecule has 1 heterocycles. The summed E-state index contributed by atoms with van der Waals surface area (Å²) in [6.07, 6.45) is 1.20. The predicted octanol–water partition coefficient (Wildman–Crippen LogP) is 0.867. The summed E-state index contributed by atoms with van der Waals surface area (Å²) in [6, 6.07) is 5.64. The molecule has 0 atom stereocenters. The lowest BCUT2D eigenvalue weighted by molar-refractivity contribution is -0.384. The Labute approximate surface area is 136 Å². The van der Waals surface area contributed by atoms with E-state index in [1.54, 1.807) is 13.0 Å². The van der Waals surface area contributed by atoms with Gasteiger partial charge in [0.05, 0.1) is 18.6 Å². The van der Waals surface area contributed by atoms with Crippen LogP contribution in [0.2, 0.25) is 0 Å². The molecule has 0 saturated carbocycles. The molecule has 0 fully saturated rings. The lowest BCUT2D eigenvalue weighted by Gasteiger charge is -2.12. The summed E-state index contributed by atoms with van der Waals surface area (Å²) >= 11 is 0. The van der Waals surface area contributed by atoms with Crippen molar-refractivity contribution in [2.75, 3.05) is 7.11 Å². The Morgan fingerprint density at radius 3 is 2.62 bits per heavy atom. The third-order valence-corrected chi connectivity index (χ3v) is 3.50. The number of aryl methyl sites for hydroxylation is 1. The van der Waals surface area contributed by atoms with Crippen LogP contribution in [0.4, 0.5) is 5.69 Å². The largest absolute Gasteiger partial charge is 0.496 e. The van der Waals surface area contributed by atoms with Crippen LogP contribution in [0.3, 0.4) is 0 Å². The first kappa shape index (κ1) is 17.0. The van der Waals surface area contributed by atoms with Gasteiger partial charge in [0.25, 0.3) is 11.2 Å². The summed E-state index contributed by atoms with van der Waals surface area (Å²) in [6.45, 7) is 1.74. The van der Waals surface area contributed by atoms with E-state index in [1.165, 1.54) is 36.1 Å². The summed E-state index contributed by atoms with van der Waals surface area (Å²) in [5.41, 5.74) is -1.42. The van der Waals surface area contributed by atoms with E-state index in [4.69, 9.17) is 10.00 Å². The average molecular weight is 330 g/mol. The van der Waals surface area contributed by atoms with E-state index in [0.29, 0.717) is 11.3 Å². The van der Waals surface area contributed by atoms with Crippen LogP contribution in [0, 0.1) is 21.4 Å². The molecule has 9 nitrogen and oxygen atoms in total. The first-order chi connectivity index (χ1) is 11.4. The second kappa shape index (κ2) is 6.78. The van der Waals surface area contributed by atoms with Crippen molar-refractivity contribution in [3.05, 3.63) is 66.5 Å². The molecule has 0 saturated heterocycles. The Morgan fingerprint density at radius 2 is 2.08 bits per heavy atom. The molecule has 124 valence electrons. The van der Waals surface area contributed by atoms with E-state index in [1.807, 2.05) is 0 Å². The van der Waals surface area contributed by atoms with E-state index < -0.39 is 16.2 Å². The van der Waals surface area contributed by atoms with Crippen LogP contribution in [-0.4, -0.2) is 21.2 Å².